The van der Waals surface area contributed by atoms with Gasteiger partial charge in [-0.3, -0.25) is 0 Å². The summed E-state index contributed by atoms with van der Waals surface area (Å²) >= 11 is 3.36. The monoisotopic (exact) mass is 365 g/mol. The van der Waals surface area contributed by atoms with Gasteiger partial charge in [0.25, 0.3) is 0 Å². The van der Waals surface area contributed by atoms with Crippen molar-refractivity contribution in [3.05, 3.63) is 40.3 Å². The van der Waals surface area contributed by atoms with Crippen molar-refractivity contribution in [2.75, 3.05) is 25.6 Å². The highest BCUT2D eigenvalue weighted by molar-refractivity contribution is 9.10. The number of nitriles is 1. The van der Waals surface area contributed by atoms with Gasteiger partial charge in [0.15, 0.2) is 6.61 Å². The number of ether oxygens (including phenoxy) is 2. The molecular weight excluding hydrogens is 350 g/mol. The molecule has 0 radical (unpaired) electrons. The van der Waals surface area contributed by atoms with Crippen LogP contribution in [0.1, 0.15) is 18.0 Å². The van der Waals surface area contributed by atoms with Gasteiger partial charge in [-0.1, -0.05) is 15.9 Å². The summed E-state index contributed by atoms with van der Waals surface area (Å²) in [5.74, 6) is 1.43. The maximum absolute atomic E-state index is 9.07. The number of methoxy groups -OCH3 is 1. The first-order valence-corrected chi connectivity index (χ1v) is 7.53. The van der Waals surface area contributed by atoms with Crippen LogP contribution in [0.2, 0.25) is 0 Å². The predicted molar refractivity (Wildman–Crippen MR) is 84.7 cm³/mol. The minimum absolute atomic E-state index is 0.163. The van der Waals surface area contributed by atoms with Crippen LogP contribution in [-0.2, 0) is 11.3 Å². The molecule has 0 saturated heterocycles. The summed E-state index contributed by atoms with van der Waals surface area (Å²) in [6, 6.07) is 9.44. The highest BCUT2D eigenvalue weighted by atomic mass is 79.9. The number of rotatable bonds is 8. The van der Waals surface area contributed by atoms with Crippen molar-refractivity contribution >= 4 is 21.8 Å². The number of benzene rings is 1. The summed E-state index contributed by atoms with van der Waals surface area (Å²) in [5.41, 5.74) is 0.229. The van der Waals surface area contributed by atoms with Gasteiger partial charge in [0.2, 0.25) is 17.5 Å². The number of halogens is 1. The average molecular weight is 366 g/mol. The van der Waals surface area contributed by atoms with Crippen LogP contribution in [0, 0.1) is 11.3 Å². The van der Waals surface area contributed by atoms with Crippen molar-refractivity contribution < 1.29 is 13.9 Å². The molecule has 1 N–H and O–H groups in total. The first-order valence-electron chi connectivity index (χ1n) is 6.74. The van der Waals surface area contributed by atoms with E-state index < -0.39 is 0 Å². The van der Waals surface area contributed by atoms with E-state index in [2.05, 4.69) is 26.2 Å². The van der Waals surface area contributed by atoms with Gasteiger partial charge >= 0.3 is 0 Å². The van der Waals surface area contributed by atoms with Crippen LogP contribution >= 0.6 is 15.9 Å². The fourth-order valence-corrected chi connectivity index (χ4v) is 1.98. The summed E-state index contributed by atoms with van der Waals surface area (Å²) in [7, 11) is 1.65. The zero-order chi connectivity index (χ0) is 15.8. The van der Waals surface area contributed by atoms with Crippen molar-refractivity contribution in [1.29, 1.82) is 5.26 Å². The van der Waals surface area contributed by atoms with Gasteiger partial charge in [-0.2, -0.15) is 10.2 Å². The number of anilines is 1. The van der Waals surface area contributed by atoms with Gasteiger partial charge in [0.1, 0.15) is 11.8 Å². The maximum atomic E-state index is 9.07. The zero-order valence-corrected chi connectivity index (χ0v) is 13.7. The van der Waals surface area contributed by atoms with Crippen molar-refractivity contribution in [3.63, 3.8) is 0 Å². The van der Waals surface area contributed by atoms with E-state index in [4.69, 9.17) is 19.2 Å². The summed E-state index contributed by atoms with van der Waals surface area (Å²) in [4.78, 5) is 4.10. The highest BCUT2D eigenvalue weighted by Gasteiger charge is 2.13. The smallest absolute Gasteiger partial charge is 0.236 e. The lowest BCUT2D eigenvalue weighted by Crippen LogP contribution is -2.04. The molecule has 116 valence electrons. The Balaban J connectivity index is 1.92. The topological polar surface area (TPSA) is 80.3 Å². The fourth-order valence-electron chi connectivity index (χ4n) is 1.72. The molecule has 1 aromatic heterocycles. The van der Waals surface area contributed by atoms with E-state index in [0.717, 1.165) is 10.9 Å². The lowest BCUT2D eigenvalue weighted by atomic mass is 10.3. The molecule has 0 unspecified atom stereocenters. The molecule has 22 heavy (non-hydrogen) atoms. The molecule has 2 rings (SSSR count). The number of nitrogens with zero attached hydrogens (tertiary/aromatic N) is 2. The van der Waals surface area contributed by atoms with Crippen molar-refractivity contribution in [2.24, 2.45) is 0 Å². The SMILES string of the molecule is COCCCNc1oc(COc2ccc(Br)cc2)nc1C#N. The lowest BCUT2D eigenvalue weighted by molar-refractivity contribution is 0.197. The third kappa shape index (κ3) is 4.76. The number of oxazole rings is 1. The zero-order valence-electron chi connectivity index (χ0n) is 12.1. The number of nitrogens with one attached hydrogen (secondary N) is 1. The second-order valence-electron chi connectivity index (χ2n) is 4.41. The van der Waals surface area contributed by atoms with Crippen molar-refractivity contribution in [3.8, 4) is 11.8 Å². The number of hydrogen-bond donors (Lipinski definition) is 1. The number of hydrogen-bond acceptors (Lipinski definition) is 6. The molecule has 0 aliphatic heterocycles. The van der Waals surface area contributed by atoms with Gasteiger partial charge in [-0.15, -0.1) is 0 Å². The van der Waals surface area contributed by atoms with Crippen LogP contribution in [0.25, 0.3) is 0 Å². The molecule has 1 aromatic carbocycles. The molecule has 7 heteroatoms. The van der Waals surface area contributed by atoms with Crippen LogP contribution in [0.5, 0.6) is 5.75 Å². The molecule has 0 aliphatic rings. The van der Waals surface area contributed by atoms with Gasteiger partial charge in [0, 0.05) is 24.7 Å². The molecule has 0 bridgehead atoms. The Morgan fingerprint density at radius 1 is 1.36 bits per heavy atom. The summed E-state index contributed by atoms with van der Waals surface area (Å²) in [6.45, 7) is 1.45. The van der Waals surface area contributed by atoms with E-state index in [9.17, 15) is 0 Å². The minimum Gasteiger partial charge on any atom is -0.484 e. The van der Waals surface area contributed by atoms with Gasteiger partial charge in [-0.05, 0) is 30.7 Å². The van der Waals surface area contributed by atoms with E-state index in [1.807, 2.05) is 30.3 Å². The van der Waals surface area contributed by atoms with Crippen LogP contribution in [0.4, 0.5) is 5.88 Å². The highest BCUT2D eigenvalue weighted by Crippen LogP contribution is 2.20. The standard InChI is InChI=1S/C15H16BrN3O3/c1-20-8-2-7-18-15-13(9-17)19-14(22-15)10-21-12-5-3-11(16)4-6-12/h3-6,18H,2,7-8,10H2,1H3. The Hall–Kier alpha value is -2.04. The van der Waals surface area contributed by atoms with Crippen molar-refractivity contribution in [2.45, 2.75) is 13.0 Å². The molecular formula is C15H16BrN3O3. The third-order valence-corrected chi connectivity index (χ3v) is 3.29. The summed E-state index contributed by atoms with van der Waals surface area (Å²) < 4.78 is 17.0. The molecule has 0 atom stereocenters. The van der Waals surface area contributed by atoms with E-state index in [1.165, 1.54) is 0 Å². The van der Waals surface area contributed by atoms with E-state index in [0.29, 0.717) is 30.7 Å². The lowest BCUT2D eigenvalue weighted by Gasteiger charge is -2.03. The van der Waals surface area contributed by atoms with E-state index in [-0.39, 0.29) is 12.3 Å². The van der Waals surface area contributed by atoms with E-state index in [1.54, 1.807) is 7.11 Å². The molecule has 0 saturated carbocycles. The van der Waals surface area contributed by atoms with Gasteiger partial charge in [0.05, 0.1) is 0 Å². The van der Waals surface area contributed by atoms with Crippen LogP contribution in [-0.4, -0.2) is 25.2 Å². The molecule has 0 spiro atoms. The molecule has 1 heterocycles. The van der Waals surface area contributed by atoms with Crippen molar-refractivity contribution in [1.82, 2.24) is 4.98 Å². The second-order valence-corrected chi connectivity index (χ2v) is 5.33. The summed E-state index contributed by atoms with van der Waals surface area (Å²) in [6.07, 6.45) is 0.812. The second kappa shape index (κ2) is 8.41. The van der Waals surface area contributed by atoms with Gasteiger partial charge < -0.3 is 19.2 Å². The minimum atomic E-state index is 0.163. The van der Waals surface area contributed by atoms with Crippen LogP contribution in [0.3, 0.4) is 0 Å². The molecule has 0 fully saturated rings. The van der Waals surface area contributed by atoms with Crippen LogP contribution in [0.15, 0.2) is 33.2 Å². The Labute approximate surface area is 137 Å². The predicted octanol–water partition coefficient (Wildman–Crippen LogP) is 3.34. The first-order chi connectivity index (χ1) is 10.7. The Morgan fingerprint density at radius 3 is 2.82 bits per heavy atom. The normalized spacial score (nSPS) is 10.2. The van der Waals surface area contributed by atoms with E-state index >= 15 is 0 Å². The molecule has 0 amide bonds. The molecule has 0 aliphatic carbocycles. The third-order valence-electron chi connectivity index (χ3n) is 2.76. The average Bonchev–Trinajstić information content (AvgIpc) is 2.93. The Bertz CT molecular complexity index is 634. The largest absolute Gasteiger partial charge is 0.484 e. The van der Waals surface area contributed by atoms with Gasteiger partial charge in [-0.25, -0.2) is 0 Å². The first kappa shape index (κ1) is 16.3. The molecule has 2 aromatic rings. The van der Waals surface area contributed by atoms with Crippen LogP contribution < -0.4 is 10.1 Å². The maximum Gasteiger partial charge on any atom is 0.236 e. The fraction of sp³-hybridized carbons (Fsp3) is 0.333. The number of aromatic nitrogens is 1. The molecule has 6 nitrogen and oxygen atoms in total. The quantitative estimate of drug-likeness (QED) is 0.722. The summed E-state index contributed by atoms with van der Waals surface area (Å²) in [5, 5.41) is 12.1. The Kier molecular flexibility index (Phi) is 6.25. The Morgan fingerprint density at radius 2 is 2.14 bits per heavy atom.